The van der Waals surface area contributed by atoms with Crippen LogP contribution in [0.15, 0.2) is 11.6 Å². The highest BCUT2D eigenvalue weighted by Crippen LogP contribution is 2.68. The van der Waals surface area contributed by atoms with Crippen LogP contribution in [-0.4, -0.2) is 71.5 Å². The Hall–Kier alpha value is -0.830. The lowest BCUT2D eigenvalue weighted by Crippen LogP contribution is -2.62. The molecule has 4 aliphatic rings. The van der Waals surface area contributed by atoms with E-state index in [0.717, 1.165) is 0 Å². The molecule has 7 heteroatoms. The number of aliphatic hydroxyl groups excluding tert-OH is 3. The first-order valence-corrected chi connectivity index (χ1v) is 12.9. The number of ketones is 1. The fraction of sp³-hybridized carbons (Fsp3) is 0.889. The second-order valence-corrected chi connectivity index (χ2v) is 13.2. The predicted molar refractivity (Wildman–Crippen MR) is 127 cm³/mol. The van der Waals surface area contributed by atoms with Crippen LogP contribution in [0.25, 0.3) is 0 Å². The van der Waals surface area contributed by atoms with Gasteiger partial charge in [0.1, 0.15) is 0 Å². The van der Waals surface area contributed by atoms with Crippen LogP contribution in [-0.2, 0) is 4.79 Å². The number of carbonyl (C=O) groups is 1. The van der Waals surface area contributed by atoms with Gasteiger partial charge in [0.05, 0.1) is 35.1 Å². The van der Waals surface area contributed by atoms with E-state index in [2.05, 4.69) is 0 Å². The number of hydrogen-bond donors (Lipinski definition) is 6. The molecule has 0 aromatic carbocycles. The van der Waals surface area contributed by atoms with Crippen molar-refractivity contribution in [1.29, 1.82) is 0 Å². The minimum absolute atomic E-state index is 0.0840. The van der Waals surface area contributed by atoms with E-state index in [1.54, 1.807) is 26.8 Å². The molecule has 0 saturated heterocycles. The Labute approximate surface area is 202 Å². The average molecular weight is 481 g/mol. The molecule has 0 radical (unpaired) electrons. The summed E-state index contributed by atoms with van der Waals surface area (Å²) in [5.74, 6) is -0.948. The van der Waals surface area contributed by atoms with E-state index in [1.165, 1.54) is 0 Å². The summed E-state index contributed by atoms with van der Waals surface area (Å²) in [7, 11) is 0. The van der Waals surface area contributed by atoms with Crippen LogP contribution >= 0.6 is 0 Å². The van der Waals surface area contributed by atoms with Gasteiger partial charge >= 0.3 is 0 Å². The van der Waals surface area contributed by atoms with Crippen molar-refractivity contribution in [2.24, 2.45) is 28.6 Å². The SMILES string of the molecule is CC(C)(O)CC[C@@H](O)C(C)(O)[C@H]1CC[C@@]2(O)C3=CC(=O)[C@@H]4C[C@@H](O)[C@@H](O)C[C@]4(C)[C@H]3CC[C@]12C. The summed E-state index contributed by atoms with van der Waals surface area (Å²) in [6, 6.07) is 0. The van der Waals surface area contributed by atoms with E-state index in [-0.39, 0.29) is 36.4 Å². The Morgan fingerprint density at radius 2 is 1.71 bits per heavy atom. The molecule has 0 aromatic heterocycles. The fourth-order valence-corrected chi connectivity index (χ4v) is 8.32. The van der Waals surface area contributed by atoms with Gasteiger partial charge in [-0.25, -0.2) is 0 Å². The molecule has 0 amide bonds. The van der Waals surface area contributed by atoms with Crippen LogP contribution in [0.3, 0.4) is 0 Å². The third-order valence-corrected chi connectivity index (χ3v) is 10.5. The number of rotatable bonds is 5. The summed E-state index contributed by atoms with van der Waals surface area (Å²) >= 11 is 0. The van der Waals surface area contributed by atoms with E-state index >= 15 is 0 Å². The Balaban J connectivity index is 1.66. The highest BCUT2D eigenvalue weighted by molar-refractivity contribution is 5.95. The summed E-state index contributed by atoms with van der Waals surface area (Å²) in [4.78, 5) is 13.2. The Kier molecular flexibility index (Phi) is 6.24. The third-order valence-electron chi connectivity index (χ3n) is 10.5. The molecule has 4 aliphatic carbocycles. The highest BCUT2D eigenvalue weighted by atomic mass is 16.3. The van der Waals surface area contributed by atoms with E-state index in [1.807, 2.05) is 13.8 Å². The zero-order valence-electron chi connectivity index (χ0n) is 21.3. The van der Waals surface area contributed by atoms with Crippen molar-refractivity contribution in [2.75, 3.05) is 0 Å². The molecule has 1 unspecified atom stereocenters. The van der Waals surface area contributed by atoms with Crippen LogP contribution in [0.4, 0.5) is 0 Å². The van der Waals surface area contributed by atoms with Gasteiger partial charge in [-0.1, -0.05) is 13.8 Å². The van der Waals surface area contributed by atoms with Gasteiger partial charge in [-0.2, -0.15) is 0 Å². The molecule has 0 aromatic rings. The average Bonchev–Trinajstić information content (AvgIpc) is 3.00. The van der Waals surface area contributed by atoms with Crippen LogP contribution in [0, 0.1) is 28.6 Å². The van der Waals surface area contributed by atoms with E-state index in [4.69, 9.17) is 0 Å². The molecule has 34 heavy (non-hydrogen) atoms. The normalized spacial score (nSPS) is 47.2. The van der Waals surface area contributed by atoms with Gasteiger partial charge < -0.3 is 30.6 Å². The fourth-order valence-electron chi connectivity index (χ4n) is 8.32. The molecule has 3 saturated carbocycles. The number of hydrogen-bond acceptors (Lipinski definition) is 7. The molecule has 10 atom stereocenters. The lowest BCUT2D eigenvalue weighted by atomic mass is 9.45. The van der Waals surface area contributed by atoms with Crippen molar-refractivity contribution in [1.82, 2.24) is 0 Å². The van der Waals surface area contributed by atoms with Crippen molar-refractivity contribution < 1.29 is 35.4 Å². The maximum atomic E-state index is 13.2. The lowest BCUT2D eigenvalue weighted by molar-refractivity contribution is -0.177. The topological polar surface area (TPSA) is 138 Å². The standard InChI is InChI=1S/C27H44O7/c1-23(2,32)9-8-22(31)26(5,33)21-7-11-27(34)16-12-18(28)17-13-19(29)20(30)14-24(17,3)15(16)6-10-25(21,27)4/h12,15,17,19-22,29-34H,6-11,13-14H2,1-5H3/t15-,17-,19+,20-,21-,22+,24+,25+,26?,27+/m0/s1. The molecule has 4 rings (SSSR count). The van der Waals surface area contributed by atoms with Crippen molar-refractivity contribution >= 4 is 5.78 Å². The number of carbonyl (C=O) groups excluding carboxylic acids is 1. The van der Waals surface area contributed by atoms with E-state index in [9.17, 15) is 35.4 Å². The second kappa shape index (κ2) is 8.09. The molecule has 0 spiro atoms. The summed E-state index contributed by atoms with van der Waals surface area (Å²) in [6.45, 7) is 8.96. The number of allylic oxidation sites excluding steroid dienone is 1. The van der Waals surface area contributed by atoms with Crippen molar-refractivity contribution in [2.45, 2.75) is 121 Å². The van der Waals surface area contributed by atoms with E-state index in [0.29, 0.717) is 44.1 Å². The Morgan fingerprint density at radius 3 is 2.32 bits per heavy atom. The Bertz CT molecular complexity index is 860. The molecule has 3 fully saturated rings. The van der Waals surface area contributed by atoms with E-state index < -0.39 is 45.9 Å². The van der Waals surface area contributed by atoms with Crippen LogP contribution in [0.2, 0.25) is 0 Å². The molecule has 6 N–H and O–H groups in total. The molecule has 0 bridgehead atoms. The van der Waals surface area contributed by atoms with Crippen LogP contribution in [0.1, 0.15) is 86.0 Å². The van der Waals surface area contributed by atoms with Crippen molar-refractivity contribution in [3.8, 4) is 0 Å². The monoisotopic (exact) mass is 480 g/mol. The Morgan fingerprint density at radius 1 is 1.06 bits per heavy atom. The summed E-state index contributed by atoms with van der Waals surface area (Å²) in [6.07, 6.45) is 2.11. The molecular formula is C27H44O7. The number of fused-ring (bicyclic) bond motifs is 5. The lowest BCUT2D eigenvalue weighted by Gasteiger charge is -2.60. The van der Waals surface area contributed by atoms with Gasteiger partial charge in [0.15, 0.2) is 5.78 Å². The van der Waals surface area contributed by atoms with Gasteiger partial charge in [0.2, 0.25) is 0 Å². The summed E-state index contributed by atoms with van der Waals surface area (Å²) in [5, 5.41) is 65.5. The van der Waals surface area contributed by atoms with Crippen molar-refractivity contribution in [3.63, 3.8) is 0 Å². The first-order valence-electron chi connectivity index (χ1n) is 12.9. The molecule has 0 aliphatic heterocycles. The summed E-state index contributed by atoms with van der Waals surface area (Å²) < 4.78 is 0. The number of aliphatic hydroxyl groups is 6. The van der Waals surface area contributed by atoms with Gasteiger partial charge in [0, 0.05) is 11.3 Å². The largest absolute Gasteiger partial charge is 0.390 e. The van der Waals surface area contributed by atoms with Crippen LogP contribution < -0.4 is 0 Å². The van der Waals surface area contributed by atoms with Gasteiger partial charge in [-0.05, 0) is 101 Å². The zero-order valence-corrected chi connectivity index (χ0v) is 21.3. The molecular weight excluding hydrogens is 436 g/mol. The first kappa shape index (κ1) is 26.2. The molecule has 7 nitrogen and oxygen atoms in total. The minimum Gasteiger partial charge on any atom is -0.390 e. The third kappa shape index (κ3) is 3.73. The predicted octanol–water partition coefficient (Wildman–Crippen LogP) is 1.85. The second-order valence-electron chi connectivity index (χ2n) is 13.2. The van der Waals surface area contributed by atoms with Gasteiger partial charge in [-0.3, -0.25) is 4.79 Å². The first-order chi connectivity index (χ1) is 15.5. The van der Waals surface area contributed by atoms with Gasteiger partial charge in [0.25, 0.3) is 0 Å². The maximum Gasteiger partial charge on any atom is 0.159 e. The quantitative estimate of drug-likeness (QED) is 0.353. The van der Waals surface area contributed by atoms with Crippen molar-refractivity contribution in [3.05, 3.63) is 11.6 Å². The molecule has 194 valence electrons. The van der Waals surface area contributed by atoms with Gasteiger partial charge in [-0.15, -0.1) is 0 Å². The minimum atomic E-state index is -1.46. The van der Waals surface area contributed by atoms with Crippen LogP contribution in [0.5, 0.6) is 0 Å². The highest BCUT2D eigenvalue weighted by Gasteiger charge is 2.69. The maximum absolute atomic E-state index is 13.2. The summed E-state index contributed by atoms with van der Waals surface area (Å²) in [5.41, 5.74) is -4.27. The zero-order chi connectivity index (χ0) is 25.5. The smallest absolute Gasteiger partial charge is 0.159 e. The molecule has 0 heterocycles.